The Morgan fingerprint density at radius 1 is 0.941 bits per heavy atom. The summed E-state index contributed by atoms with van der Waals surface area (Å²) in [6.07, 6.45) is 1.44. The van der Waals surface area contributed by atoms with Crippen LogP contribution in [0.2, 0.25) is 5.02 Å². The van der Waals surface area contributed by atoms with Crippen molar-refractivity contribution in [2.75, 3.05) is 6.54 Å². The molecule has 34 heavy (non-hydrogen) atoms. The summed E-state index contributed by atoms with van der Waals surface area (Å²) in [6.45, 7) is -0.255. The van der Waals surface area contributed by atoms with Gasteiger partial charge in [-0.2, -0.15) is 5.10 Å². The highest BCUT2D eigenvalue weighted by Gasteiger charge is 2.17. The molecule has 9 heteroatoms. The van der Waals surface area contributed by atoms with Gasteiger partial charge >= 0.3 is 5.97 Å². The Morgan fingerprint density at radius 3 is 2.38 bits per heavy atom. The Hall–Kier alpha value is -4.01. The molecule has 170 valence electrons. The second kappa shape index (κ2) is 10.7. The Bertz CT molecular complexity index is 1370. The van der Waals surface area contributed by atoms with Gasteiger partial charge in [-0.15, -0.1) is 11.3 Å². The minimum absolute atomic E-state index is 0.255. The number of esters is 1. The van der Waals surface area contributed by atoms with Gasteiger partial charge in [-0.3, -0.25) is 9.59 Å². The fourth-order valence-corrected chi connectivity index (χ4v) is 4.41. The van der Waals surface area contributed by atoms with Crippen molar-refractivity contribution >= 4 is 57.0 Å². The number of benzene rings is 3. The summed E-state index contributed by atoms with van der Waals surface area (Å²) >= 11 is 7.55. The lowest BCUT2D eigenvalue weighted by Gasteiger charge is -2.04. The summed E-state index contributed by atoms with van der Waals surface area (Å²) in [6, 6.07) is 22.7. The van der Waals surface area contributed by atoms with Crippen LogP contribution < -0.4 is 15.5 Å². The maximum Gasteiger partial charge on any atom is 0.343 e. The predicted octanol–water partition coefficient (Wildman–Crippen LogP) is 4.65. The third-order valence-corrected chi connectivity index (χ3v) is 6.33. The summed E-state index contributed by atoms with van der Waals surface area (Å²) < 4.78 is 6.21. The molecule has 0 unspecified atom stereocenters. The van der Waals surface area contributed by atoms with Gasteiger partial charge in [0.25, 0.3) is 11.8 Å². The first kappa shape index (κ1) is 23.2. The van der Waals surface area contributed by atoms with Crippen molar-refractivity contribution in [3.05, 3.63) is 99.9 Å². The molecule has 0 spiro atoms. The van der Waals surface area contributed by atoms with E-state index in [0.29, 0.717) is 26.8 Å². The first-order valence-electron chi connectivity index (χ1n) is 10.2. The quantitative estimate of drug-likeness (QED) is 0.170. The zero-order valence-corrected chi connectivity index (χ0v) is 19.2. The number of carbonyl (C=O) groups is 3. The minimum atomic E-state index is -0.491. The average molecular weight is 492 g/mol. The number of ether oxygens (including phenoxy) is 1. The van der Waals surface area contributed by atoms with E-state index in [1.165, 1.54) is 17.6 Å². The van der Waals surface area contributed by atoms with Crippen LogP contribution in [0.25, 0.3) is 10.1 Å². The van der Waals surface area contributed by atoms with Crippen molar-refractivity contribution in [1.29, 1.82) is 0 Å². The maximum atomic E-state index is 12.4. The number of fused-ring (bicyclic) bond motifs is 1. The van der Waals surface area contributed by atoms with E-state index in [2.05, 4.69) is 15.8 Å². The Labute approximate surface area is 204 Å². The van der Waals surface area contributed by atoms with Crippen LogP contribution in [0.15, 0.2) is 84.0 Å². The molecule has 3 aromatic carbocycles. The molecule has 0 radical (unpaired) electrons. The summed E-state index contributed by atoms with van der Waals surface area (Å²) in [5.41, 5.74) is 3.49. The van der Waals surface area contributed by atoms with Gasteiger partial charge in [-0.05, 0) is 48.0 Å². The third kappa shape index (κ3) is 5.67. The van der Waals surface area contributed by atoms with Crippen LogP contribution in [-0.2, 0) is 4.79 Å². The Balaban J connectivity index is 1.25. The van der Waals surface area contributed by atoms with E-state index in [1.54, 1.807) is 48.5 Å². The van der Waals surface area contributed by atoms with Gasteiger partial charge in [-0.25, -0.2) is 10.2 Å². The van der Waals surface area contributed by atoms with E-state index in [1.807, 2.05) is 30.3 Å². The minimum Gasteiger partial charge on any atom is -0.423 e. The van der Waals surface area contributed by atoms with Crippen molar-refractivity contribution in [3.8, 4) is 5.75 Å². The summed E-state index contributed by atoms with van der Waals surface area (Å²) in [7, 11) is 0. The smallest absolute Gasteiger partial charge is 0.343 e. The van der Waals surface area contributed by atoms with E-state index in [9.17, 15) is 14.4 Å². The summed E-state index contributed by atoms with van der Waals surface area (Å²) in [4.78, 5) is 36.8. The largest absolute Gasteiger partial charge is 0.423 e. The van der Waals surface area contributed by atoms with Crippen LogP contribution in [0.5, 0.6) is 5.75 Å². The van der Waals surface area contributed by atoms with Crippen LogP contribution in [0.4, 0.5) is 0 Å². The summed E-state index contributed by atoms with van der Waals surface area (Å²) in [5, 5.41) is 7.59. The van der Waals surface area contributed by atoms with Gasteiger partial charge in [0.1, 0.15) is 10.6 Å². The number of hydrogen-bond donors (Lipinski definition) is 2. The lowest BCUT2D eigenvalue weighted by atomic mass is 10.2. The summed E-state index contributed by atoms with van der Waals surface area (Å²) in [5.74, 6) is -0.980. The number of nitrogens with zero attached hydrogens (tertiary/aromatic N) is 1. The Morgan fingerprint density at radius 2 is 1.65 bits per heavy atom. The lowest BCUT2D eigenvalue weighted by Crippen LogP contribution is -2.34. The number of hydrazone groups is 1. The van der Waals surface area contributed by atoms with E-state index in [0.717, 1.165) is 10.1 Å². The molecule has 1 aromatic heterocycles. The van der Waals surface area contributed by atoms with Gasteiger partial charge in [0.15, 0.2) is 0 Å². The second-order valence-electron chi connectivity index (χ2n) is 7.04. The number of amides is 2. The van der Waals surface area contributed by atoms with Crippen LogP contribution in [0, 0.1) is 0 Å². The molecular weight excluding hydrogens is 474 g/mol. The topological polar surface area (TPSA) is 96.9 Å². The average Bonchev–Trinajstić information content (AvgIpc) is 3.21. The van der Waals surface area contributed by atoms with Crippen LogP contribution in [0.1, 0.15) is 25.6 Å². The third-order valence-electron chi connectivity index (χ3n) is 4.65. The standard InChI is InChI=1S/C25H18ClN3O4S/c26-22-19-8-4-5-9-20(19)34-23(22)24(31)27-15-21(30)29-28-14-16-10-12-18(13-11-16)33-25(32)17-6-2-1-3-7-17/h1-14H,15H2,(H,27,31)(H,29,30). The Kier molecular flexibility index (Phi) is 7.31. The zero-order valence-electron chi connectivity index (χ0n) is 17.7. The fraction of sp³-hybridized carbons (Fsp3) is 0.0400. The molecule has 2 amide bonds. The molecule has 0 aliphatic heterocycles. The highest BCUT2D eigenvalue weighted by Crippen LogP contribution is 2.34. The number of thiophene rings is 1. The molecule has 0 atom stereocenters. The van der Waals surface area contributed by atoms with Gasteiger partial charge in [0.2, 0.25) is 0 Å². The maximum absolute atomic E-state index is 12.4. The first-order valence-corrected chi connectivity index (χ1v) is 11.3. The van der Waals surface area contributed by atoms with Gasteiger partial charge in [0.05, 0.1) is 23.3 Å². The van der Waals surface area contributed by atoms with Crippen molar-refractivity contribution in [3.63, 3.8) is 0 Å². The number of nitrogens with one attached hydrogen (secondary N) is 2. The molecule has 2 N–H and O–H groups in total. The van der Waals surface area contributed by atoms with Crippen molar-refractivity contribution < 1.29 is 19.1 Å². The monoisotopic (exact) mass is 491 g/mol. The normalized spacial score (nSPS) is 10.9. The molecule has 4 rings (SSSR count). The SMILES string of the molecule is O=C(CNC(=O)c1sc2ccccc2c1Cl)NN=Cc1ccc(OC(=O)c2ccccc2)cc1. The highest BCUT2D eigenvalue weighted by molar-refractivity contribution is 7.21. The molecule has 0 bridgehead atoms. The number of halogens is 1. The number of hydrogen-bond acceptors (Lipinski definition) is 6. The lowest BCUT2D eigenvalue weighted by molar-refractivity contribution is -0.120. The van der Waals surface area contributed by atoms with Crippen LogP contribution in [0.3, 0.4) is 0 Å². The second-order valence-corrected chi connectivity index (χ2v) is 8.47. The molecule has 0 saturated carbocycles. The van der Waals surface area contributed by atoms with E-state index >= 15 is 0 Å². The van der Waals surface area contributed by atoms with E-state index in [4.69, 9.17) is 16.3 Å². The molecule has 0 fully saturated rings. The van der Waals surface area contributed by atoms with Crippen molar-refractivity contribution in [2.24, 2.45) is 5.10 Å². The van der Waals surface area contributed by atoms with Gasteiger partial charge in [-0.1, -0.05) is 48.0 Å². The zero-order chi connectivity index (χ0) is 23.9. The molecule has 4 aromatic rings. The van der Waals surface area contributed by atoms with E-state index in [-0.39, 0.29) is 6.54 Å². The molecule has 0 aliphatic carbocycles. The van der Waals surface area contributed by atoms with Gasteiger partial charge < -0.3 is 10.1 Å². The molecule has 0 saturated heterocycles. The molecule has 7 nitrogen and oxygen atoms in total. The predicted molar refractivity (Wildman–Crippen MR) is 133 cm³/mol. The molecule has 1 heterocycles. The van der Waals surface area contributed by atoms with Crippen LogP contribution in [-0.4, -0.2) is 30.5 Å². The number of carbonyl (C=O) groups excluding carboxylic acids is 3. The number of rotatable bonds is 7. The molecule has 0 aliphatic rings. The van der Waals surface area contributed by atoms with Crippen LogP contribution >= 0.6 is 22.9 Å². The van der Waals surface area contributed by atoms with Gasteiger partial charge in [0, 0.05) is 10.1 Å². The fourth-order valence-electron chi connectivity index (χ4n) is 2.98. The molecular formula is C25H18ClN3O4S. The first-order chi connectivity index (χ1) is 16.5. The van der Waals surface area contributed by atoms with Crippen molar-refractivity contribution in [2.45, 2.75) is 0 Å². The van der Waals surface area contributed by atoms with E-state index < -0.39 is 17.8 Å². The highest BCUT2D eigenvalue weighted by atomic mass is 35.5. The van der Waals surface area contributed by atoms with Crippen molar-refractivity contribution in [1.82, 2.24) is 10.7 Å².